The van der Waals surface area contributed by atoms with Crippen molar-refractivity contribution < 1.29 is 30.9 Å². The summed E-state index contributed by atoms with van der Waals surface area (Å²) in [5, 5.41) is 0. The van der Waals surface area contributed by atoms with Crippen molar-refractivity contribution >= 4 is 29.4 Å². The lowest BCUT2D eigenvalue weighted by molar-refractivity contribution is -0.0510. The van der Waals surface area contributed by atoms with E-state index >= 15 is 0 Å². The standard InChI is InChI=1S/C12H19N3O2Si.CHF3O3S/c1-18(2,3)8-7-17-9-15-10-5-4-6-13-11(10)14-12(15)16;2-1(3,4)8(5,6)7/h4-6H,7-9H2,1-3H3,(H,13,14,16);(H,5,6,7). The van der Waals surface area contributed by atoms with Crippen LogP contribution in [-0.2, 0) is 21.6 Å². The SMILES string of the molecule is C[Si](C)(C)CCOCn1c(=O)[nH]c2ncccc21.O=S(=O)(O)C(F)(F)F. The highest BCUT2D eigenvalue weighted by Gasteiger charge is 2.44. The Bertz CT molecular complexity index is 887. The van der Waals surface area contributed by atoms with Gasteiger partial charge in [-0.3, -0.25) is 14.1 Å². The smallest absolute Gasteiger partial charge is 0.361 e. The van der Waals surface area contributed by atoms with E-state index in [4.69, 9.17) is 17.7 Å². The lowest BCUT2D eigenvalue weighted by atomic mass is 10.4. The summed E-state index contributed by atoms with van der Waals surface area (Å²) in [4.78, 5) is 18.5. The average molecular weight is 415 g/mol. The van der Waals surface area contributed by atoms with Crippen molar-refractivity contribution in [3.05, 3.63) is 28.8 Å². The lowest BCUT2D eigenvalue weighted by Gasteiger charge is -2.15. The third-order valence-corrected chi connectivity index (χ3v) is 5.35. The van der Waals surface area contributed by atoms with Crippen LogP contribution in [0.4, 0.5) is 13.2 Å². The number of halogens is 3. The van der Waals surface area contributed by atoms with Crippen molar-refractivity contribution in [3.63, 3.8) is 0 Å². The van der Waals surface area contributed by atoms with Gasteiger partial charge in [-0.2, -0.15) is 21.6 Å². The van der Waals surface area contributed by atoms with Gasteiger partial charge in [-0.1, -0.05) is 19.6 Å². The summed E-state index contributed by atoms with van der Waals surface area (Å²) in [6, 6.07) is 4.78. The molecule has 0 unspecified atom stereocenters. The molecule has 2 rings (SSSR count). The zero-order chi connectivity index (χ0) is 20.2. The largest absolute Gasteiger partial charge is 0.522 e. The number of nitrogens with zero attached hydrogens (tertiary/aromatic N) is 2. The molecule has 0 saturated carbocycles. The second-order valence-corrected chi connectivity index (χ2v) is 13.5. The Morgan fingerprint density at radius 2 is 1.92 bits per heavy atom. The highest BCUT2D eigenvalue weighted by molar-refractivity contribution is 7.86. The van der Waals surface area contributed by atoms with Crippen LogP contribution in [0.2, 0.25) is 25.7 Å². The Morgan fingerprint density at radius 1 is 1.35 bits per heavy atom. The van der Waals surface area contributed by atoms with Crippen LogP contribution in [0.3, 0.4) is 0 Å². The van der Waals surface area contributed by atoms with Crippen LogP contribution >= 0.6 is 0 Å². The zero-order valence-electron chi connectivity index (χ0n) is 14.4. The topological polar surface area (TPSA) is 114 Å². The van der Waals surface area contributed by atoms with Crippen LogP contribution in [0.1, 0.15) is 0 Å². The number of aromatic nitrogens is 3. The van der Waals surface area contributed by atoms with Gasteiger partial charge in [-0.15, -0.1) is 0 Å². The van der Waals surface area contributed by atoms with Crippen molar-refractivity contribution in [2.24, 2.45) is 0 Å². The summed E-state index contributed by atoms with van der Waals surface area (Å²) in [5.41, 5.74) is -4.31. The number of ether oxygens (including phenoxy) is 1. The van der Waals surface area contributed by atoms with E-state index in [-0.39, 0.29) is 12.4 Å². The van der Waals surface area contributed by atoms with Crippen molar-refractivity contribution in [2.75, 3.05) is 6.61 Å². The molecule has 0 bridgehead atoms. The van der Waals surface area contributed by atoms with Crippen molar-refractivity contribution in [1.82, 2.24) is 14.5 Å². The van der Waals surface area contributed by atoms with Crippen LogP contribution < -0.4 is 5.69 Å². The molecular weight excluding hydrogens is 395 g/mol. The van der Waals surface area contributed by atoms with Crippen molar-refractivity contribution in [2.45, 2.75) is 37.9 Å². The molecule has 13 heteroatoms. The lowest BCUT2D eigenvalue weighted by Crippen LogP contribution is -2.23. The Morgan fingerprint density at radius 3 is 2.42 bits per heavy atom. The maximum Gasteiger partial charge on any atom is 0.522 e. The molecule has 0 aliphatic rings. The Hall–Kier alpha value is -1.70. The van der Waals surface area contributed by atoms with Crippen LogP contribution in [0.5, 0.6) is 0 Å². The van der Waals surface area contributed by atoms with Crippen molar-refractivity contribution in [1.29, 1.82) is 0 Å². The number of aromatic amines is 1. The maximum atomic E-state index is 11.7. The van der Waals surface area contributed by atoms with E-state index in [0.717, 1.165) is 11.6 Å². The molecule has 0 radical (unpaired) electrons. The highest BCUT2D eigenvalue weighted by atomic mass is 32.2. The van der Waals surface area contributed by atoms with E-state index in [1.54, 1.807) is 10.8 Å². The molecule has 0 aromatic carbocycles. The molecule has 148 valence electrons. The van der Waals surface area contributed by atoms with Gasteiger partial charge in [0.25, 0.3) is 0 Å². The molecule has 0 aliphatic carbocycles. The maximum absolute atomic E-state index is 11.7. The Labute approximate surface area is 148 Å². The first-order valence-electron chi connectivity index (χ1n) is 7.37. The normalized spacial score (nSPS) is 12.7. The minimum Gasteiger partial charge on any atom is -0.361 e. The first-order chi connectivity index (χ1) is 11.7. The number of imidazole rings is 1. The van der Waals surface area contributed by atoms with Gasteiger partial charge in [0, 0.05) is 20.9 Å². The molecule has 2 N–H and O–H groups in total. The van der Waals surface area contributed by atoms with E-state index in [0.29, 0.717) is 12.3 Å². The molecule has 0 aliphatic heterocycles. The predicted octanol–water partition coefficient (Wildman–Crippen LogP) is 2.43. The summed E-state index contributed by atoms with van der Waals surface area (Å²) >= 11 is 0. The van der Waals surface area contributed by atoms with E-state index in [1.807, 2.05) is 12.1 Å². The van der Waals surface area contributed by atoms with E-state index < -0.39 is 23.7 Å². The number of nitrogens with one attached hydrogen (secondary N) is 1. The molecule has 0 amide bonds. The number of alkyl halides is 3. The molecule has 8 nitrogen and oxygen atoms in total. The number of H-pyrrole nitrogens is 1. The van der Waals surface area contributed by atoms with Gasteiger partial charge in [0.05, 0.1) is 5.52 Å². The van der Waals surface area contributed by atoms with E-state index in [9.17, 15) is 18.0 Å². The van der Waals surface area contributed by atoms with E-state index in [2.05, 4.69) is 29.6 Å². The molecule has 26 heavy (non-hydrogen) atoms. The van der Waals surface area contributed by atoms with E-state index in [1.165, 1.54) is 0 Å². The van der Waals surface area contributed by atoms with Gasteiger partial charge in [0.15, 0.2) is 5.65 Å². The molecule has 2 aromatic rings. The number of pyridine rings is 1. The molecular formula is C13H20F3N3O5SSi. The highest BCUT2D eigenvalue weighted by Crippen LogP contribution is 2.20. The number of rotatable bonds is 5. The van der Waals surface area contributed by atoms with Gasteiger partial charge in [-0.05, 0) is 18.2 Å². The minimum atomic E-state index is -5.84. The first kappa shape index (κ1) is 22.3. The summed E-state index contributed by atoms with van der Waals surface area (Å²) < 4.78 is 64.7. The van der Waals surface area contributed by atoms with Crippen LogP contribution in [-0.4, -0.2) is 47.7 Å². The number of fused-ring (bicyclic) bond motifs is 1. The van der Waals surface area contributed by atoms with Crippen LogP contribution in [0, 0.1) is 0 Å². The number of hydrogen-bond acceptors (Lipinski definition) is 5. The quantitative estimate of drug-likeness (QED) is 0.336. The van der Waals surface area contributed by atoms with Crippen LogP contribution in [0.25, 0.3) is 11.2 Å². The second kappa shape index (κ2) is 8.33. The molecule has 0 saturated heterocycles. The summed E-state index contributed by atoms with van der Waals surface area (Å²) in [7, 11) is -6.92. The Balaban J connectivity index is 0.000000359. The fourth-order valence-corrected chi connectivity index (χ4v) is 2.41. The third-order valence-electron chi connectivity index (χ3n) is 3.06. The van der Waals surface area contributed by atoms with Gasteiger partial charge >= 0.3 is 21.3 Å². The summed E-state index contributed by atoms with van der Waals surface area (Å²) in [6.07, 6.45) is 1.66. The first-order valence-corrected chi connectivity index (χ1v) is 12.5. The molecule has 2 heterocycles. The van der Waals surface area contributed by atoms with Gasteiger partial charge < -0.3 is 4.74 Å². The fourth-order valence-electron chi connectivity index (χ4n) is 1.65. The molecule has 0 fully saturated rings. The predicted molar refractivity (Wildman–Crippen MR) is 92.1 cm³/mol. The molecule has 0 spiro atoms. The second-order valence-electron chi connectivity index (χ2n) is 6.50. The average Bonchev–Trinajstić information content (AvgIpc) is 2.77. The van der Waals surface area contributed by atoms with Crippen LogP contribution in [0.15, 0.2) is 23.1 Å². The van der Waals surface area contributed by atoms with Gasteiger partial charge in [0.1, 0.15) is 6.73 Å². The molecule has 2 aromatic heterocycles. The monoisotopic (exact) mass is 415 g/mol. The summed E-state index contributed by atoms with van der Waals surface area (Å²) in [5.74, 6) is 0. The number of hydrogen-bond donors (Lipinski definition) is 2. The minimum absolute atomic E-state index is 0.170. The van der Waals surface area contributed by atoms with Gasteiger partial charge in [-0.25, -0.2) is 9.78 Å². The third kappa shape index (κ3) is 6.90. The zero-order valence-corrected chi connectivity index (χ0v) is 16.2. The Kier molecular flexibility index (Phi) is 7.15. The fraction of sp³-hybridized carbons (Fsp3) is 0.538. The summed E-state index contributed by atoms with van der Waals surface area (Å²) in [6.45, 7) is 7.90. The van der Waals surface area contributed by atoms with Crippen molar-refractivity contribution in [3.8, 4) is 0 Å². The van der Waals surface area contributed by atoms with Gasteiger partial charge in [0.2, 0.25) is 0 Å². The molecule has 0 atom stereocenters.